The van der Waals surface area contributed by atoms with E-state index in [1.807, 2.05) is 16.2 Å². The van der Waals surface area contributed by atoms with E-state index in [0.717, 1.165) is 35.5 Å². The number of hydroxylamine groups is 1. The van der Waals surface area contributed by atoms with Gasteiger partial charge in [-0.15, -0.1) is 0 Å². The van der Waals surface area contributed by atoms with Gasteiger partial charge in [-0.1, -0.05) is 45.0 Å². The first kappa shape index (κ1) is 20.5. The highest BCUT2D eigenvalue weighted by molar-refractivity contribution is 14.2. The number of carbonyl (C=O) groups excluding carboxylic acids is 1. The summed E-state index contributed by atoms with van der Waals surface area (Å²) in [4.78, 5) is 20.4. The second kappa shape index (κ2) is 8.52. The molecule has 0 bridgehead atoms. The lowest BCUT2D eigenvalue weighted by atomic mass is 10.1. The van der Waals surface area contributed by atoms with Gasteiger partial charge in [0.15, 0.2) is 0 Å². The van der Waals surface area contributed by atoms with Crippen molar-refractivity contribution in [3.05, 3.63) is 51.4 Å². The highest BCUT2D eigenvalue weighted by Crippen LogP contribution is 2.44. The fraction of sp³-hybridized carbons (Fsp3) is 0.350. The van der Waals surface area contributed by atoms with E-state index < -0.39 is 26.6 Å². The van der Waals surface area contributed by atoms with Crippen molar-refractivity contribution in [1.29, 1.82) is 0 Å². The molecule has 1 aromatic carbocycles. The Hall–Kier alpha value is -1.79. The zero-order valence-corrected chi connectivity index (χ0v) is 17.8. The first-order valence-corrected chi connectivity index (χ1v) is 11.7. The van der Waals surface area contributed by atoms with Crippen molar-refractivity contribution in [3.8, 4) is 0 Å². The third-order valence-electron chi connectivity index (χ3n) is 5.44. The summed E-state index contributed by atoms with van der Waals surface area (Å²) in [5.41, 5.74) is 2.59. The minimum Gasteiger partial charge on any atom is -0.391 e. The maximum atomic E-state index is 13.1. The topological polar surface area (TPSA) is 88.4 Å². The van der Waals surface area contributed by atoms with Crippen molar-refractivity contribution in [2.24, 2.45) is 4.99 Å². The van der Waals surface area contributed by atoms with E-state index in [0.29, 0.717) is 12.0 Å². The van der Waals surface area contributed by atoms with Crippen LogP contribution < -0.4 is 5.48 Å². The molecule has 1 aliphatic carbocycles. The SMILES string of the molecule is O=C(NO)C1=CI=C(N2CCN(C3(/C=C/c4ccc(F)cc4)CC3O)CC2)N=C1. The molecule has 2 heterocycles. The quantitative estimate of drug-likeness (QED) is 0.316. The molecule has 3 aliphatic rings. The molecule has 1 saturated carbocycles. The van der Waals surface area contributed by atoms with Crippen molar-refractivity contribution >= 4 is 42.7 Å². The summed E-state index contributed by atoms with van der Waals surface area (Å²) in [5, 5.41) is 19.0. The Morgan fingerprint density at radius 2 is 1.97 bits per heavy atom. The third-order valence-corrected chi connectivity index (χ3v) is 7.94. The number of piperazine rings is 1. The minimum atomic E-state index is -0.535. The number of aliphatic imine (C=N–C) groups is 1. The highest BCUT2D eigenvalue weighted by Gasteiger charge is 2.56. The standard InChI is InChI=1S/C20H22FIN4O3/c21-16-3-1-14(2-4-16)5-6-20(11-17(20)27)26-9-7-25(8-10-26)19-22-12-15(13-23-19)18(28)24-29/h1-6,12-13,17,27,29H,7-11H2,(H,24,28)/b6-5+. The van der Waals surface area contributed by atoms with Crippen LogP contribution in [0.4, 0.5) is 4.39 Å². The summed E-state index contributed by atoms with van der Waals surface area (Å²) in [6, 6.07) is 6.33. The normalized spacial score (nSPS) is 27.9. The van der Waals surface area contributed by atoms with Crippen LogP contribution in [0.25, 0.3) is 6.08 Å². The number of benzene rings is 1. The van der Waals surface area contributed by atoms with Gasteiger partial charge < -0.3 is 5.11 Å². The molecule has 7 nitrogen and oxygen atoms in total. The molecule has 2 unspecified atom stereocenters. The number of nitrogens with one attached hydrogen (secondary N) is 1. The Morgan fingerprint density at radius 3 is 2.52 bits per heavy atom. The number of rotatable bonds is 5. The number of aliphatic hydroxyl groups is 1. The molecule has 1 aromatic rings. The second-order valence-corrected chi connectivity index (χ2v) is 9.42. The number of amides is 1. The number of hydrogen-bond acceptors (Lipinski definition) is 6. The molecule has 2 fully saturated rings. The third kappa shape index (κ3) is 4.38. The molecule has 29 heavy (non-hydrogen) atoms. The molecule has 0 spiro atoms. The average Bonchev–Trinajstić information content (AvgIpc) is 3.43. The van der Waals surface area contributed by atoms with Crippen molar-refractivity contribution in [1.82, 2.24) is 15.3 Å². The number of aliphatic hydroxyl groups excluding tert-OH is 1. The number of carbonyl (C=O) groups is 1. The van der Waals surface area contributed by atoms with Crippen LogP contribution in [0.5, 0.6) is 0 Å². The Kier molecular flexibility index (Phi) is 6.02. The number of nitrogens with zero attached hydrogens (tertiary/aromatic N) is 3. The fourth-order valence-electron chi connectivity index (χ4n) is 3.61. The predicted molar refractivity (Wildman–Crippen MR) is 117 cm³/mol. The molecule has 3 N–H and O–H groups in total. The molecule has 0 radical (unpaired) electrons. The Balaban J connectivity index is 1.38. The molecule has 2 atom stereocenters. The number of hydrogen-bond donors (Lipinski definition) is 3. The van der Waals surface area contributed by atoms with Crippen molar-refractivity contribution in [2.75, 3.05) is 26.2 Å². The Labute approximate surface area is 177 Å². The maximum absolute atomic E-state index is 13.1. The van der Waals surface area contributed by atoms with Gasteiger partial charge in [0.05, 0.1) is 17.2 Å². The van der Waals surface area contributed by atoms with Gasteiger partial charge in [-0.25, -0.2) is 14.9 Å². The van der Waals surface area contributed by atoms with Gasteiger partial charge in [-0.3, -0.25) is 19.8 Å². The van der Waals surface area contributed by atoms with Crippen LogP contribution in [0.15, 0.2) is 45.0 Å². The van der Waals surface area contributed by atoms with Crippen molar-refractivity contribution in [2.45, 2.75) is 18.1 Å². The van der Waals surface area contributed by atoms with Crippen LogP contribution >= 0.6 is 20.7 Å². The largest absolute Gasteiger partial charge is 0.391 e. The predicted octanol–water partition coefficient (Wildman–Crippen LogP) is 1.49. The second-order valence-electron chi connectivity index (χ2n) is 7.21. The molecule has 9 heteroatoms. The summed E-state index contributed by atoms with van der Waals surface area (Å²) in [7, 11) is 0. The summed E-state index contributed by atoms with van der Waals surface area (Å²) in [6.07, 6.45) is 5.80. The van der Waals surface area contributed by atoms with Gasteiger partial charge in [0.1, 0.15) is 9.57 Å². The maximum Gasteiger partial charge on any atom is 0.276 e. The van der Waals surface area contributed by atoms with E-state index in [1.54, 1.807) is 17.6 Å². The molecule has 1 saturated heterocycles. The summed E-state index contributed by atoms with van der Waals surface area (Å²) in [5.74, 6) is -0.793. The summed E-state index contributed by atoms with van der Waals surface area (Å²) >= 11 is -0.535. The first-order chi connectivity index (χ1) is 14.0. The lowest BCUT2D eigenvalue weighted by Crippen LogP contribution is -2.53. The summed E-state index contributed by atoms with van der Waals surface area (Å²) in [6.45, 7) is 3.23. The van der Waals surface area contributed by atoms with E-state index in [-0.39, 0.29) is 17.5 Å². The molecule has 4 rings (SSSR count). The lowest BCUT2D eigenvalue weighted by Gasteiger charge is -2.38. The van der Waals surface area contributed by atoms with E-state index in [9.17, 15) is 14.3 Å². The van der Waals surface area contributed by atoms with Crippen LogP contribution in [0.3, 0.4) is 0 Å². The zero-order valence-electron chi connectivity index (χ0n) is 15.6. The zero-order chi connectivity index (χ0) is 20.4. The molecule has 1 amide bonds. The Bertz CT molecular complexity index is 907. The fourth-order valence-corrected chi connectivity index (χ4v) is 5.84. The van der Waals surface area contributed by atoms with Gasteiger partial charge in [0.2, 0.25) is 0 Å². The highest BCUT2D eigenvalue weighted by atomic mass is 127. The smallest absolute Gasteiger partial charge is 0.276 e. The van der Waals surface area contributed by atoms with Crippen LogP contribution in [0, 0.1) is 5.82 Å². The van der Waals surface area contributed by atoms with Gasteiger partial charge in [0.25, 0.3) is 5.91 Å². The minimum absolute atomic E-state index is 0.260. The van der Waals surface area contributed by atoms with Crippen LogP contribution in [-0.4, -0.2) is 73.8 Å². The average molecular weight is 512 g/mol. The molecular weight excluding hydrogens is 490 g/mol. The Morgan fingerprint density at radius 1 is 1.28 bits per heavy atom. The van der Waals surface area contributed by atoms with Crippen LogP contribution in [0.1, 0.15) is 12.0 Å². The van der Waals surface area contributed by atoms with Gasteiger partial charge in [0, 0.05) is 32.4 Å². The van der Waals surface area contributed by atoms with Gasteiger partial charge in [-0.2, -0.15) is 0 Å². The molecule has 2 aliphatic heterocycles. The van der Waals surface area contributed by atoms with Crippen LogP contribution in [-0.2, 0) is 4.79 Å². The molecular formula is C20H22FIN4O3. The van der Waals surface area contributed by atoms with Crippen molar-refractivity contribution < 1.29 is 19.5 Å². The van der Waals surface area contributed by atoms with E-state index in [4.69, 9.17) is 5.21 Å². The molecule has 0 aromatic heterocycles. The van der Waals surface area contributed by atoms with Crippen LogP contribution in [0.2, 0.25) is 0 Å². The number of halogens is 2. The van der Waals surface area contributed by atoms with Gasteiger partial charge in [-0.05, 0) is 28.2 Å². The molecule has 154 valence electrons. The van der Waals surface area contributed by atoms with E-state index >= 15 is 0 Å². The van der Waals surface area contributed by atoms with Gasteiger partial charge >= 0.3 is 0 Å². The van der Waals surface area contributed by atoms with Crippen molar-refractivity contribution in [3.63, 3.8) is 0 Å². The van der Waals surface area contributed by atoms with E-state index in [2.05, 4.69) is 14.8 Å². The monoisotopic (exact) mass is 512 g/mol. The lowest BCUT2D eigenvalue weighted by molar-refractivity contribution is -0.124. The summed E-state index contributed by atoms with van der Waals surface area (Å²) < 4.78 is 15.9. The first-order valence-electron chi connectivity index (χ1n) is 9.34. The van der Waals surface area contributed by atoms with E-state index in [1.165, 1.54) is 18.3 Å².